The summed E-state index contributed by atoms with van der Waals surface area (Å²) in [7, 11) is 0. The van der Waals surface area contributed by atoms with Crippen LogP contribution < -0.4 is 0 Å². The Bertz CT molecular complexity index is 244. The molecular weight excluding hydrogens is 232 g/mol. The van der Waals surface area contributed by atoms with E-state index in [2.05, 4.69) is 13.8 Å². The quantitative estimate of drug-likeness (QED) is 0.668. The van der Waals surface area contributed by atoms with Crippen LogP contribution in [0.15, 0.2) is 0 Å². The van der Waals surface area contributed by atoms with Crippen LogP contribution in [0.2, 0.25) is 0 Å². The highest BCUT2D eigenvalue weighted by atomic mass is 16.3. The van der Waals surface area contributed by atoms with Gasteiger partial charge in [-0.15, -0.1) is 0 Å². The average molecular weight is 266 g/mol. The highest BCUT2D eigenvalue weighted by Gasteiger charge is 2.34. The third kappa shape index (κ3) is 4.48. The van der Waals surface area contributed by atoms with Gasteiger partial charge in [-0.2, -0.15) is 0 Å². The van der Waals surface area contributed by atoms with E-state index in [0.29, 0.717) is 5.41 Å². The Morgan fingerprint density at radius 1 is 0.895 bits per heavy atom. The van der Waals surface area contributed by atoms with Crippen molar-refractivity contribution in [3.8, 4) is 0 Å². The molecule has 0 aliphatic heterocycles. The van der Waals surface area contributed by atoms with E-state index in [1.165, 1.54) is 64.2 Å². The number of aliphatic hydroxyl groups excluding tert-OH is 1. The molecule has 2 fully saturated rings. The third-order valence-electron chi connectivity index (χ3n) is 6.03. The summed E-state index contributed by atoms with van der Waals surface area (Å²) in [5.41, 5.74) is 0.653. The van der Waals surface area contributed by atoms with E-state index in [0.717, 1.165) is 24.7 Å². The summed E-state index contributed by atoms with van der Waals surface area (Å²) in [4.78, 5) is 0. The van der Waals surface area contributed by atoms with Crippen molar-refractivity contribution in [2.45, 2.75) is 97.0 Å². The molecular formula is C18H34O. The third-order valence-corrected chi connectivity index (χ3v) is 6.03. The second-order valence-corrected chi connectivity index (χ2v) is 7.67. The molecule has 0 aromatic heterocycles. The number of rotatable bonds is 5. The Morgan fingerprint density at radius 2 is 1.47 bits per heavy atom. The molecule has 2 saturated carbocycles. The van der Waals surface area contributed by atoms with Gasteiger partial charge < -0.3 is 5.11 Å². The molecule has 0 saturated heterocycles. The fourth-order valence-electron chi connectivity index (χ4n) is 4.43. The smallest absolute Gasteiger partial charge is 0.0540 e. The van der Waals surface area contributed by atoms with E-state index in [1.54, 1.807) is 0 Å². The summed E-state index contributed by atoms with van der Waals surface area (Å²) >= 11 is 0. The van der Waals surface area contributed by atoms with Crippen molar-refractivity contribution >= 4 is 0 Å². The molecule has 1 heteroatoms. The van der Waals surface area contributed by atoms with Crippen LogP contribution in [0.1, 0.15) is 90.9 Å². The van der Waals surface area contributed by atoms with E-state index in [-0.39, 0.29) is 6.10 Å². The van der Waals surface area contributed by atoms with Crippen LogP contribution in [-0.4, -0.2) is 11.2 Å². The monoisotopic (exact) mass is 266 g/mol. The highest BCUT2D eigenvalue weighted by Crippen LogP contribution is 2.46. The normalized spacial score (nSPS) is 40.3. The van der Waals surface area contributed by atoms with Crippen LogP contribution in [0.4, 0.5) is 0 Å². The van der Waals surface area contributed by atoms with Gasteiger partial charge >= 0.3 is 0 Å². The van der Waals surface area contributed by atoms with Gasteiger partial charge in [0.25, 0.3) is 0 Å². The number of hydrogen-bond acceptors (Lipinski definition) is 1. The van der Waals surface area contributed by atoms with Gasteiger partial charge in [-0.3, -0.25) is 0 Å². The largest absolute Gasteiger partial charge is 0.393 e. The zero-order valence-electron chi connectivity index (χ0n) is 13.2. The maximum Gasteiger partial charge on any atom is 0.0540 e. The van der Waals surface area contributed by atoms with Gasteiger partial charge in [0.1, 0.15) is 0 Å². The van der Waals surface area contributed by atoms with Crippen molar-refractivity contribution in [2.75, 3.05) is 0 Å². The summed E-state index contributed by atoms with van der Waals surface area (Å²) in [6.07, 6.45) is 16.2. The van der Waals surface area contributed by atoms with Gasteiger partial charge in [0.05, 0.1) is 6.10 Å². The van der Waals surface area contributed by atoms with Gasteiger partial charge in [0.15, 0.2) is 0 Å². The standard InChI is InChI=1S/C18H34O/c1-3-4-5-12-18(2)13-10-16(11-14-18)15-6-8-17(19)9-7-15/h15-17,19H,3-14H2,1-2H3. The van der Waals surface area contributed by atoms with Crippen LogP contribution in [0.3, 0.4) is 0 Å². The van der Waals surface area contributed by atoms with Crippen LogP contribution in [0, 0.1) is 17.3 Å². The van der Waals surface area contributed by atoms with Crippen molar-refractivity contribution in [1.82, 2.24) is 0 Å². The zero-order valence-corrected chi connectivity index (χ0v) is 13.2. The SMILES string of the molecule is CCCCCC1(C)CCC(C2CCC(O)CC2)CC1. The van der Waals surface area contributed by atoms with Crippen molar-refractivity contribution in [3.05, 3.63) is 0 Å². The molecule has 0 unspecified atom stereocenters. The minimum absolute atomic E-state index is 0.0131. The lowest BCUT2D eigenvalue weighted by Crippen LogP contribution is -2.31. The molecule has 0 bridgehead atoms. The number of aliphatic hydroxyl groups is 1. The summed E-state index contributed by atoms with van der Waals surface area (Å²) in [6.45, 7) is 4.83. The van der Waals surface area contributed by atoms with Crippen molar-refractivity contribution in [3.63, 3.8) is 0 Å². The fourth-order valence-corrected chi connectivity index (χ4v) is 4.43. The predicted octanol–water partition coefficient (Wildman–Crippen LogP) is 5.31. The van der Waals surface area contributed by atoms with E-state index in [4.69, 9.17) is 0 Å². The van der Waals surface area contributed by atoms with Crippen LogP contribution in [-0.2, 0) is 0 Å². The van der Waals surface area contributed by atoms with Crippen molar-refractivity contribution in [2.24, 2.45) is 17.3 Å². The second-order valence-electron chi connectivity index (χ2n) is 7.67. The first-order valence-electron chi connectivity index (χ1n) is 8.81. The first kappa shape index (κ1) is 15.4. The van der Waals surface area contributed by atoms with E-state index >= 15 is 0 Å². The molecule has 2 aliphatic rings. The zero-order chi connectivity index (χ0) is 13.7. The lowest BCUT2D eigenvalue weighted by Gasteiger charge is -2.42. The van der Waals surface area contributed by atoms with Gasteiger partial charge in [0.2, 0.25) is 0 Å². The summed E-state index contributed by atoms with van der Waals surface area (Å²) in [6, 6.07) is 0. The van der Waals surface area contributed by atoms with Gasteiger partial charge in [-0.1, -0.05) is 33.1 Å². The first-order valence-corrected chi connectivity index (χ1v) is 8.81. The maximum atomic E-state index is 9.63. The fraction of sp³-hybridized carbons (Fsp3) is 1.00. The van der Waals surface area contributed by atoms with E-state index in [9.17, 15) is 5.11 Å². The highest BCUT2D eigenvalue weighted by molar-refractivity contribution is 4.86. The molecule has 19 heavy (non-hydrogen) atoms. The van der Waals surface area contributed by atoms with Crippen LogP contribution in [0.5, 0.6) is 0 Å². The Hall–Kier alpha value is -0.0400. The van der Waals surface area contributed by atoms with Crippen LogP contribution >= 0.6 is 0 Å². The molecule has 0 radical (unpaired) electrons. The molecule has 1 nitrogen and oxygen atoms in total. The minimum Gasteiger partial charge on any atom is -0.393 e. The van der Waals surface area contributed by atoms with E-state index < -0.39 is 0 Å². The molecule has 0 amide bonds. The molecule has 1 N–H and O–H groups in total. The van der Waals surface area contributed by atoms with Crippen LogP contribution in [0.25, 0.3) is 0 Å². The van der Waals surface area contributed by atoms with E-state index in [1.807, 2.05) is 0 Å². The maximum absolute atomic E-state index is 9.63. The Balaban J connectivity index is 1.72. The Morgan fingerprint density at radius 3 is 2.05 bits per heavy atom. The summed E-state index contributed by atoms with van der Waals surface area (Å²) in [5, 5.41) is 9.63. The van der Waals surface area contributed by atoms with Gasteiger partial charge in [-0.05, 0) is 75.0 Å². The molecule has 0 spiro atoms. The lowest BCUT2D eigenvalue weighted by molar-refractivity contribution is 0.0609. The van der Waals surface area contributed by atoms with Crippen molar-refractivity contribution < 1.29 is 5.11 Å². The lowest BCUT2D eigenvalue weighted by atomic mass is 9.64. The molecule has 0 aromatic carbocycles. The molecule has 0 atom stereocenters. The number of hydrogen-bond donors (Lipinski definition) is 1. The molecule has 2 rings (SSSR count). The van der Waals surface area contributed by atoms with Gasteiger partial charge in [-0.25, -0.2) is 0 Å². The predicted molar refractivity (Wildman–Crippen MR) is 82.2 cm³/mol. The summed E-state index contributed by atoms with van der Waals surface area (Å²) in [5.74, 6) is 1.91. The Labute approximate surface area is 120 Å². The average Bonchev–Trinajstić information content (AvgIpc) is 2.41. The first-order chi connectivity index (χ1) is 9.13. The second kappa shape index (κ2) is 7.11. The molecule has 0 aromatic rings. The van der Waals surface area contributed by atoms with Gasteiger partial charge in [0, 0.05) is 0 Å². The van der Waals surface area contributed by atoms with Crippen molar-refractivity contribution in [1.29, 1.82) is 0 Å². The molecule has 112 valence electrons. The topological polar surface area (TPSA) is 20.2 Å². The molecule has 0 heterocycles. The summed E-state index contributed by atoms with van der Waals surface area (Å²) < 4.78 is 0. The molecule has 2 aliphatic carbocycles. The minimum atomic E-state index is 0.0131. The Kier molecular flexibility index (Phi) is 5.74. The number of unbranched alkanes of at least 4 members (excludes halogenated alkanes) is 2.